The van der Waals surface area contributed by atoms with Crippen LogP contribution in [0.4, 0.5) is 5.82 Å². The van der Waals surface area contributed by atoms with Gasteiger partial charge in [-0.1, -0.05) is 12.1 Å². The highest BCUT2D eigenvalue weighted by Crippen LogP contribution is 2.15. The number of rotatable bonds is 3. The molecule has 0 spiro atoms. The molecule has 2 aromatic heterocycles. The minimum atomic E-state index is -0.233. The molecular formula is C16H15N5O. The van der Waals surface area contributed by atoms with E-state index in [-0.39, 0.29) is 5.91 Å². The van der Waals surface area contributed by atoms with Crippen molar-refractivity contribution in [1.82, 2.24) is 19.7 Å². The predicted octanol–water partition coefficient (Wildman–Crippen LogP) is 2.53. The van der Waals surface area contributed by atoms with Gasteiger partial charge in [0.2, 0.25) is 0 Å². The summed E-state index contributed by atoms with van der Waals surface area (Å²) in [5.74, 6) is 0.879. The summed E-state index contributed by atoms with van der Waals surface area (Å²) in [6, 6.07) is 10.8. The predicted molar refractivity (Wildman–Crippen MR) is 83.0 cm³/mol. The van der Waals surface area contributed by atoms with Crippen molar-refractivity contribution < 1.29 is 4.79 Å². The molecule has 3 rings (SSSR count). The lowest BCUT2D eigenvalue weighted by Crippen LogP contribution is -2.16. The van der Waals surface area contributed by atoms with E-state index in [1.54, 1.807) is 36.1 Å². The smallest absolute Gasteiger partial charge is 0.259 e. The van der Waals surface area contributed by atoms with Crippen molar-refractivity contribution in [1.29, 1.82) is 0 Å². The largest absolute Gasteiger partial charge is 0.306 e. The third-order valence-electron chi connectivity index (χ3n) is 3.11. The highest BCUT2D eigenvalue weighted by atomic mass is 16.1. The maximum Gasteiger partial charge on any atom is 0.259 e. The molecule has 0 fully saturated rings. The Hall–Kier alpha value is -3.02. The molecule has 0 aliphatic rings. The van der Waals surface area contributed by atoms with Crippen LogP contribution in [-0.4, -0.2) is 25.7 Å². The first kappa shape index (κ1) is 13.9. The average Bonchev–Trinajstić information content (AvgIpc) is 3.00. The molecule has 1 amide bonds. The Bertz CT molecular complexity index is 791. The Labute approximate surface area is 127 Å². The van der Waals surface area contributed by atoms with Crippen LogP contribution in [0, 0.1) is 13.8 Å². The van der Waals surface area contributed by atoms with Gasteiger partial charge in [-0.25, -0.2) is 14.6 Å². The zero-order valence-electron chi connectivity index (χ0n) is 12.3. The molecular weight excluding hydrogens is 278 g/mol. The molecule has 0 saturated heterocycles. The van der Waals surface area contributed by atoms with Gasteiger partial charge in [0, 0.05) is 24.2 Å². The zero-order valence-corrected chi connectivity index (χ0v) is 12.3. The number of carbonyl (C=O) groups is 1. The van der Waals surface area contributed by atoms with Crippen LogP contribution >= 0.6 is 0 Å². The minimum absolute atomic E-state index is 0.233. The summed E-state index contributed by atoms with van der Waals surface area (Å²) in [5.41, 5.74) is 2.05. The van der Waals surface area contributed by atoms with E-state index in [1.165, 1.54) is 0 Å². The third kappa shape index (κ3) is 2.85. The second-order valence-electron chi connectivity index (χ2n) is 4.86. The van der Waals surface area contributed by atoms with Crippen LogP contribution in [0.5, 0.6) is 0 Å². The van der Waals surface area contributed by atoms with Crippen molar-refractivity contribution in [2.75, 3.05) is 5.32 Å². The van der Waals surface area contributed by atoms with E-state index < -0.39 is 0 Å². The molecule has 0 bridgehead atoms. The Morgan fingerprint density at radius 3 is 2.68 bits per heavy atom. The van der Waals surface area contributed by atoms with Gasteiger partial charge in [0.25, 0.3) is 5.91 Å². The van der Waals surface area contributed by atoms with Gasteiger partial charge in [-0.2, -0.15) is 5.10 Å². The number of nitrogens with zero attached hydrogens (tertiary/aromatic N) is 4. The molecule has 110 valence electrons. The molecule has 0 unspecified atom stereocenters. The first-order chi connectivity index (χ1) is 10.6. The molecule has 22 heavy (non-hydrogen) atoms. The maximum absolute atomic E-state index is 12.5. The fraction of sp³-hybridized carbons (Fsp3) is 0.125. The van der Waals surface area contributed by atoms with Crippen molar-refractivity contribution in [3.63, 3.8) is 0 Å². The number of nitrogens with one attached hydrogen (secondary N) is 1. The number of anilines is 1. The van der Waals surface area contributed by atoms with E-state index in [1.807, 2.05) is 31.2 Å². The highest BCUT2D eigenvalue weighted by molar-refractivity contribution is 6.06. The van der Waals surface area contributed by atoms with Gasteiger partial charge in [0.1, 0.15) is 11.6 Å². The number of para-hydroxylation sites is 1. The van der Waals surface area contributed by atoms with E-state index in [0.717, 1.165) is 5.69 Å². The molecule has 6 heteroatoms. The van der Waals surface area contributed by atoms with Crippen molar-refractivity contribution >= 4 is 11.7 Å². The monoisotopic (exact) mass is 293 g/mol. The van der Waals surface area contributed by atoms with Crippen LogP contribution in [0.1, 0.15) is 21.9 Å². The van der Waals surface area contributed by atoms with E-state index in [9.17, 15) is 4.79 Å². The van der Waals surface area contributed by atoms with Gasteiger partial charge < -0.3 is 5.32 Å². The van der Waals surface area contributed by atoms with Crippen LogP contribution in [0.2, 0.25) is 0 Å². The lowest BCUT2D eigenvalue weighted by Gasteiger charge is -2.10. The number of aromatic nitrogens is 4. The first-order valence-corrected chi connectivity index (χ1v) is 6.86. The lowest BCUT2D eigenvalue weighted by molar-refractivity contribution is 0.102. The first-order valence-electron chi connectivity index (χ1n) is 6.86. The van der Waals surface area contributed by atoms with Crippen molar-refractivity contribution in [3.05, 3.63) is 65.9 Å². The number of hydrogen-bond donors (Lipinski definition) is 1. The number of carbonyl (C=O) groups excluding carboxylic acids is 1. The molecule has 2 heterocycles. The average molecular weight is 293 g/mol. The minimum Gasteiger partial charge on any atom is -0.306 e. The second kappa shape index (κ2) is 5.77. The van der Waals surface area contributed by atoms with Crippen LogP contribution in [0.25, 0.3) is 5.69 Å². The number of amides is 1. The fourth-order valence-corrected chi connectivity index (χ4v) is 2.24. The van der Waals surface area contributed by atoms with Gasteiger partial charge in [0.05, 0.1) is 11.3 Å². The van der Waals surface area contributed by atoms with Gasteiger partial charge in [-0.3, -0.25) is 4.79 Å². The van der Waals surface area contributed by atoms with Crippen molar-refractivity contribution in [2.24, 2.45) is 0 Å². The maximum atomic E-state index is 12.5. The Morgan fingerprint density at radius 2 is 1.95 bits per heavy atom. The third-order valence-corrected chi connectivity index (χ3v) is 3.11. The molecule has 0 aliphatic carbocycles. The molecule has 0 saturated carbocycles. The van der Waals surface area contributed by atoms with Gasteiger partial charge in [-0.05, 0) is 32.0 Å². The van der Waals surface area contributed by atoms with Crippen molar-refractivity contribution in [2.45, 2.75) is 13.8 Å². The molecule has 6 nitrogen and oxygen atoms in total. The van der Waals surface area contributed by atoms with Crippen LogP contribution in [0.15, 0.2) is 48.8 Å². The highest BCUT2D eigenvalue weighted by Gasteiger charge is 2.13. The molecule has 0 radical (unpaired) electrons. The van der Waals surface area contributed by atoms with E-state index in [2.05, 4.69) is 20.4 Å². The summed E-state index contributed by atoms with van der Waals surface area (Å²) in [4.78, 5) is 21.0. The summed E-state index contributed by atoms with van der Waals surface area (Å²) < 4.78 is 1.66. The van der Waals surface area contributed by atoms with Crippen molar-refractivity contribution in [3.8, 4) is 5.69 Å². The standard InChI is InChI=1S/C16H15N5O/c1-11-10-15(19-12(2)18-11)20-16(22)13-6-3-4-7-14(13)21-9-5-8-17-21/h3-10H,1-2H3,(H,18,19,20,22). The Kier molecular flexibility index (Phi) is 3.65. The molecule has 0 aliphatic heterocycles. The molecule has 0 atom stereocenters. The Morgan fingerprint density at radius 1 is 1.14 bits per heavy atom. The lowest BCUT2D eigenvalue weighted by atomic mass is 10.1. The fourth-order valence-electron chi connectivity index (χ4n) is 2.24. The molecule has 3 aromatic rings. The number of benzene rings is 1. The van der Waals surface area contributed by atoms with Crippen LogP contribution < -0.4 is 5.32 Å². The van der Waals surface area contributed by atoms with E-state index in [0.29, 0.717) is 22.9 Å². The topological polar surface area (TPSA) is 72.7 Å². The number of aryl methyl sites for hydroxylation is 2. The Balaban J connectivity index is 1.93. The summed E-state index contributed by atoms with van der Waals surface area (Å²) in [6.07, 6.45) is 3.47. The van der Waals surface area contributed by atoms with Gasteiger partial charge >= 0.3 is 0 Å². The number of hydrogen-bond acceptors (Lipinski definition) is 4. The van der Waals surface area contributed by atoms with E-state index >= 15 is 0 Å². The molecule has 1 N–H and O–H groups in total. The second-order valence-corrected chi connectivity index (χ2v) is 4.86. The zero-order chi connectivity index (χ0) is 15.5. The summed E-state index contributed by atoms with van der Waals surface area (Å²) in [7, 11) is 0. The van der Waals surface area contributed by atoms with Gasteiger partial charge in [-0.15, -0.1) is 0 Å². The summed E-state index contributed by atoms with van der Waals surface area (Å²) >= 11 is 0. The van der Waals surface area contributed by atoms with Gasteiger partial charge in [0.15, 0.2) is 0 Å². The van der Waals surface area contributed by atoms with E-state index in [4.69, 9.17) is 0 Å². The quantitative estimate of drug-likeness (QED) is 0.805. The normalized spacial score (nSPS) is 10.5. The summed E-state index contributed by atoms with van der Waals surface area (Å²) in [5, 5.41) is 6.99. The SMILES string of the molecule is Cc1cc(NC(=O)c2ccccc2-n2cccn2)nc(C)n1. The molecule has 1 aromatic carbocycles. The van der Waals surface area contributed by atoms with Crippen LogP contribution in [-0.2, 0) is 0 Å². The van der Waals surface area contributed by atoms with Crippen LogP contribution in [0.3, 0.4) is 0 Å². The summed E-state index contributed by atoms with van der Waals surface area (Å²) in [6.45, 7) is 3.66.